The summed E-state index contributed by atoms with van der Waals surface area (Å²) < 4.78 is 7.81. The molecule has 2 aromatic heterocycles. The number of fused-ring (bicyclic) bond motifs is 4. The lowest BCUT2D eigenvalue weighted by molar-refractivity contribution is -0.157. The molecule has 6 nitrogen and oxygen atoms in total. The molecule has 1 aliphatic heterocycles. The molecule has 1 saturated carbocycles. The van der Waals surface area contributed by atoms with Crippen molar-refractivity contribution < 1.29 is 9.53 Å². The molecule has 8 heteroatoms. The summed E-state index contributed by atoms with van der Waals surface area (Å²) in [5.41, 5.74) is 2.69. The Morgan fingerprint density at radius 2 is 1.88 bits per heavy atom. The fourth-order valence-electron chi connectivity index (χ4n) is 4.33. The molecule has 166 valence electrons. The van der Waals surface area contributed by atoms with E-state index in [4.69, 9.17) is 21.3 Å². The molecule has 3 heterocycles. The number of ether oxygens (including phenoxy) is 1. The van der Waals surface area contributed by atoms with Crippen molar-refractivity contribution in [2.45, 2.75) is 59.1 Å². The van der Waals surface area contributed by atoms with E-state index < -0.39 is 17.1 Å². The zero-order valence-corrected chi connectivity index (χ0v) is 20.6. The Labute approximate surface area is 196 Å². The lowest BCUT2D eigenvalue weighted by atomic mass is 9.99. The maximum absolute atomic E-state index is 13.1. The smallest absolute Gasteiger partial charge is 0.312 e. The highest BCUT2D eigenvalue weighted by molar-refractivity contribution is 7.15. The van der Waals surface area contributed by atoms with Crippen LogP contribution >= 0.6 is 22.9 Å². The van der Waals surface area contributed by atoms with Crippen LogP contribution in [0.1, 0.15) is 60.4 Å². The number of aliphatic imine (C=N–C) groups is 1. The van der Waals surface area contributed by atoms with Crippen LogP contribution in [0.5, 0.6) is 0 Å². The van der Waals surface area contributed by atoms with E-state index in [9.17, 15) is 4.79 Å². The number of hydrogen-bond acceptors (Lipinski definition) is 6. The number of carbonyl (C=O) groups is 1. The van der Waals surface area contributed by atoms with Crippen LogP contribution in [0.3, 0.4) is 0 Å². The monoisotopic (exact) mass is 468 g/mol. The van der Waals surface area contributed by atoms with E-state index in [1.807, 2.05) is 52.0 Å². The lowest BCUT2D eigenvalue weighted by Gasteiger charge is -2.20. The number of esters is 1. The summed E-state index contributed by atoms with van der Waals surface area (Å²) in [6, 6.07) is 7.70. The van der Waals surface area contributed by atoms with Gasteiger partial charge in [0.2, 0.25) is 0 Å². The zero-order valence-electron chi connectivity index (χ0n) is 19.0. The fourth-order valence-corrected chi connectivity index (χ4v) is 5.66. The van der Waals surface area contributed by atoms with Gasteiger partial charge in [-0.05, 0) is 65.7 Å². The molecule has 0 N–H and O–H groups in total. The summed E-state index contributed by atoms with van der Waals surface area (Å²) in [5.74, 6) is 0.838. The summed E-state index contributed by atoms with van der Waals surface area (Å²) >= 11 is 7.87. The van der Waals surface area contributed by atoms with Gasteiger partial charge in [-0.15, -0.1) is 21.5 Å². The molecule has 2 aliphatic rings. The second-order valence-corrected chi connectivity index (χ2v) is 11.2. The number of carbonyl (C=O) groups excluding carboxylic acids is 1. The molecule has 2 unspecified atom stereocenters. The Morgan fingerprint density at radius 1 is 1.19 bits per heavy atom. The van der Waals surface area contributed by atoms with Gasteiger partial charge >= 0.3 is 5.97 Å². The van der Waals surface area contributed by atoms with Crippen LogP contribution in [0.25, 0.3) is 5.00 Å². The van der Waals surface area contributed by atoms with Crippen LogP contribution in [0.4, 0.5) is 0 Å². The molecule has 1 spiro atoms. The van der Waals surface area contributed by atoms with Gasteiger partial charge in [0.25, 0.3) is 0 Å². The Kier molecular flexibility index (Phi) is 4.66. The Morgan fingerprint density at radius 3 is 2.53 bits per heavy atom. The predicted octanol–water partition coefficient (Wildman–Crippen LogP) is 5.32. The average molecular weight is 469 g/mol. The highest BCUT2D eigenvalue weighted by atomic mass is 35.5. The zero-order chi connectivity index (χ0) is 23.0. The molecule has 1 fully saturated rings. The Bertz CT molecular complexity index is 1280. The van der Waals surface area contributed by atoms with Crippen molar-refractivity contribution in [1.29, 1.82) is 0 Å². The van der Waals surface area contributed by atoms with E-state index in [0.29, 0.717) is 17.3 Å². The second-order valence-electron chi connectivity index (χ2n) is 9.55. The fraction of sp³-hybridized carbons (Fsp3) is 0.417. The number of hydrogen-bond donors (Lipinski definition) is 0. The maximum atomic E-state index is 13.1. The third-order valence-electron chi connectivity index (χ3n) is 6.07. The SMILES string of the molecule is Cc1sc2c(c1C)C(c1ccc(Cl)cc1)=NC1(CC1C(=O)OC(C)(C)C)c1nnc(C)n1-2. The highest BCUT2D eigenvalue weighted by Gasteiger charge is 2.65. The molecule has 0 saturated heterocycles. The van der Waals surface area contributed by atoms with Gasteiger partial charge in [-0.2, -0.15) is 0 Å². The molecule has 1 aromatic carbocycles. The lowest BCUT2D eigenvalue weighted by Crippen LogP contribution is -2.27. The van der Waals surface area contributed by atoms with Gasteiger partial charge in [-0.25, -0.2) is 0 Å². The molecule has 3 aromatic rings. The van der Waals surface area contributed by atoms with Gasteiger partial charge in [-0.3, -0.25) is 14.4 Å². The van der Waals surface area contributed by atoms with Gasteiger partial charge in [0, 0.05) is 21.0 Å². The van der Waals surface area contributed by atoms with Crippen molar-refractivity contribution in [2.24, 2.45) is 10.9 Å². The van der Waals surface area contributed by atoms with Crippen molar-refractivity contribution in [3.05, 3.63) is 62.5 Å². The largest absolute Gasteiger partial charge is 0.460 e. The van der Waals surface area contributed by atoms with Crippen LogP contribution in [0.2, 0.25) is 5.02 Å². The normalized spacial score (nSPS) is 21.6. The quantitative estimate of drug-likeness (QED) is 0.477. The van der Waals surface area contributed by atoms with Crippen LogP contribution in [0, 0.1) is 26.7 Å². The van der Waals surface area contributed by atoms with Crippen molar-refractivity contribution >= 4 is 34.6 Å². The summed E-state index contributed by atoms with van der Waals surface area (Å²) in [6.45, 7) is 11.8. The van der Waals surface area contributed by atoms with Crippen molar-refractivity contribution in [3.63, 3.8) is 0 Å². The molecule has 0 amide bonds. The molecular formula is C24H25ClN4O2S. The molecule has 2 atom stereocenters. The van der Waals surface area contributed by atoms with Crippen LogP contribution < -0.4 is 0 Å². The van der Waals surface area contributed by atoms with Crippen molar-refractivity contribution in [3.8, 4) is 5.00 Å². The Balaban J connectivity index is 1.75. The van der Waals surface area contributed by atoms with Gasteiger partial charge < -0.3 is 4.74 Å². The number of nitrogens with zero attached hydrogens (tertiary/aromatic N) is 4. The predicted molar refractivity (Wildman–Crippen MR) is 126 cm³/mol. The molecule has 32 heavy (non-hydrogen) atoms. The van der Waals surface area contributed by atoms with E-state index in [-0.39, 0.29) is 5.97 Å². The molecule has 0 bridgehead atoms. The topological polar surface area (TPSA) is 69.4 Å². The van der Waals surface area contributed by atoms with Gasteiger partial charge in [-0.1, -0.05) is 23.7 Å². The highest BCUT2D eigenvalue weighted by Crippen LogP contribution is 2.58. The van der Waals surface area contributed by atoms with E-state index in [1.165, 1.54) is 10.4 Å². The van der Waals surface area contributed by atoms with Crippen molar-refractivity contribution in [2.75, 3.05) is 0 Å². The molecule has 5 rings (SSSR count). The first kappa shape index (κ1) is 21.3. The van der Waals surface area contributed by atoms with Gasteiger partial charge in [0.15, 0.2) is 5.82 Å². The van der Waals surface area contributed by atoms with Crippen LogP contribution in [-0.4, -0.2) is 32.0 Å². The number of benzene rings is 1. The van der Waals surface area contributed by atoms with Crippen LogP contribution in [0.15, 0.2) is 29.3 Å². The number of aryl methyl sites for hydroxylation is 2. The average Bonchev–Trinajstić information content (AvgIpc) is 3.23. The number of aromatic nitrogens is 3. The molecule has 0 radical (unpaired) electrons. The van der Waals surface area contributed by atoms with Gasteiger partial charge in [0.1, 0.15) is 22.0 Å². The molecular weight excluding hydrogens is 444 g/mol. The first-order chi connectivity index (χ1) is 15.0. The van der Waals surface area contributed by atoms with E-state index >= 15 is 0 Å². The Hall–Kier alpha value is -2.51. The first-order valence-corrected chi connectivity index (χ1v) is 11.8. The number of halogens is 1. The van der Waals surface area contributed by atoms with E-state index in [0.717, 1.165) is 27.7 Å². The second kappa shape index (κ2) is 6.99. The summed E-state index contributed by atoms with van der Waals surface area (Å²) in [5, 5.41) is 10.6. The number of thiophene rings is 1. The van der Waals surface area contributed by atoms with Gasteiger partial charge in [0.05, 0.1) is 11.6 Å². The molecule has 1 aliphatic carbocycles. The third kappa shape index (κ3) is 3.21. The minimum Gasteiger partial charge on any atom is -0.460 e. The first-order valence-electron chi connectivity index (χ1n) is 10.6. The maximum Gasteiger partial charge on any atom is 0.312 e. The minimum absolute atomic E-state index is 0.248. The number of rotatable bonds is 2. The van der Waals surface area contributed by atoms with E-state index in [1.54, 1.807) is 11.3 Å². The van der Waals surface area contributed by atoms with Crippen LogP contribution in [-0.2, 0) is 15.1 Å². The summed E-state index contributed by atoms with van der Waals surface area (Å²) in [4.78, 5) is 19.6. The summed E-state index contributed by atoms with van der Waals surface area (Å²) in [6.07, 6.45) is 0.546. The minimum atomic E-state index is -0.794. The third-order valence-corrected chi connectivity index (χ3v) is 7.52. The van der Waals surface area contributed by atoms with E-state index in [2.05, 4.69) is 28.6 Å². The van der Waals surface area contributed by atoms with Crippen molar-refractivity contribution in [1.82, 2.24) is 14.8 Å². The summed E-state index contributed by atoms with van der Waals surface area (Å²) in [7, 11) is 0. The standard InChI is InChI=1S/C24H25ClN4O2S/c1-12-13(2)32-20-18(12)19(15-7-9-16(25)10-8-15)26-24(22-28-27-14(3)29(20)22)11-17(24)21(30)31-23(4,5)6/h7-10,17H,11H2,1-6H3.